The lowest BCUT2D eigenvalue weighted by Crippen LogP contribution is -2.10. The molecule has 0 unspecified atom stereocenters. The molecule has 1 heterocycles. The van der Waals surface area contributed by atoms with Gasteiger partial charge < -0.3 is 15.8 Å². The highest BCUT2D eigenvalue weighted by Crippen LogP contribution is 2.20. The number of carbonyl (C=O) groups is 1. The lowest BCUT2D eigenvalue weighted by atomic mass is 10.2. The van der Waals surface area contributed by atoms with Crippen LogP contribution < -0.4 is 15.8 Å². The summed E-state index contributed by atoms with van der Waals surface area (Å²) in [5.41, 5.74) is 6.71. The molecule has 1 aromatic carbocycles. The van der Waals surface area contributed by atoms with Gasteiger partial charge in [0, 0.05) is 13.0 Å². The summed E-state index contributed by atoms with van der Waals surface area (Å²) in [5, 5.41) is 2.51. The molecule has 0 aliphatic carbocycles. The van der Waals surface area contributed by atoms with Crippen molar-refractivity contribution in [1.82, 2.24) is 4.98 Å². The van der Waals surface area contributed by atoms with Gasteiger partial charge in [0.05, 0.1) is 5.69 Å². The number of hydrogen-bond donors (Lipinski definition) is 2. The Bertz CT molecular complexity index is 632. The first-order valence-corrected chi connectivity index (χ1v) is 5.96. The van der Waals surface area contributed by atoms with Crippen LogP contribution in [0.2, 0.25) is 0 Å². The molecule has 1 aromatic heterocycles. The zero-order chi connectivity index (χ0) is 14.5. The van der Waals surface area contributed by atoms with E-state index in [1.807, 2.05) is 0 Å². The number of nitrogens with one attached hydrogen (secondary N) is 1. The highest BCUT2D eigenvalue weighted by Gasteiger charge is 2.06. The quantitative estimate of drug-likeness (QED) is 0.897. The van der Waals surface area contributed by atoms with Crippen LogP contribution in [0.1, 0.15) is 12.5 Å². The highest BCUT2D eigenvalue weighted by atomic mass is 19.1. The van der Waals surface area contributed by atoms with E-state index in [4.69, 9.17) is 10.5 Å². The summed E-state index contributed by atoms with van der Waals surface area (Å²) in [6.07, 6.45) is 0. The fraction of sp³-hybridized carbons (Fsp3) is 0.143. The second kappa shape index (κ2) is 6.01. The molecule has 0 radical (unpaired) electrons. The highest BCUT2D eigenvalue weighted by molar-refractivity contribution is 5.90. The van der Waals surface area contributed by atoms with E-state index in [9.17, 15) is 9.18 Å². The molecule has 20 heavy (non-hydrogen) atoms. The van der Waals surface area contributed by atoms with Gasteiger partial charge in [0.1, 0.15) is 12.4 Å². The lowest BCUT2D eigenvalue weighted by Gasteiger charge is -2.09. The largest absolute Gasteiger partial charge is 0.473 e. The molecule has 0 bridgehead atoms. The van der Waals surface area contributed by atoms with Crippen molar-refractivity contribution < 1.29 is 13.9 Å². The van der Waals surface area contributed by atoms with E-state index in [1.165, 1.54) is 19.1 Å². The number of anilines is 2. The molecule has 0 aliphatic heterocycles. The minimum Gasteiger partial charge on any atom is -0.473 e. The molecule has 2 rings (SSSR count). The Morgan fingerprint density at radius 2 is 2.20 bits per heavy atom. The number of halogens is 1. The van der Waals surface area contributed by atoms with Crippen molar-refractivity contribution in [1.29, 1.82) is 0 Å². The standard InChI is InChI=1S/C14H14FN3O2/c1-9(19)17-14-12(16)5-6-13(18-14)20-8-10-3-2-4-11(15)7-10/h2-7H,8,16H2,1H3,(H,17,18,19). The van der Waals surface area contributed by atoms with Gasteiger partial charge in [0.2, 0.25) is 11.8 Å². The molecule has 104 valence electrons. The number of aromatic nitrogens is 1. The van der Waals surface area contributed by atoms with E-state index in [0.29, 0.717) is 17.1 Å². The Hall–Kier alpha value is -2.63. The molecule has 1 amide bonds. The normalized spacial score (nSPS) is 10.1. The van der Waals surface area contributed by atoms with E-state index in [1.54, 1.807) is 24.3 Å². The summed E-state index contributed by atoms with van der Waals surface area (Å²) >= 11 is 0. The number of ether oxygens (including phenoxy) is 1. The van der Waals surface area contributed by atoms with Crippen molar-refractivity contribution in [3.8, 4) is 5.88 Å². The second-order valence-electron chi connectivity index (χ2n) is 4.19. The molecule has 0 saturated heterocycles. The zero-order valence-corrected chi connectivity index (χ0v) is 10.9. The minimum atomic E-state index is -0.324. The van der Waals surface area contributed by atoms with Crippen LogP contribution in [0.5, 0.6) is 5.88 Å². The third-order valence-electron chi connectivity index (χ3n) is 2.47. The van der Waals surface area contributed by atoms with Crippen LogP contribution in [0.4, 0.5) is 15.9 Å². The Kier molecular flexibility index (Phi) is 4.14. The van der Waals surface area contributed by atoms with Gasteiger partial charge in [0.25, 0.3) is 0 Å². The first-order chi connectivity index (χ1) is 9.54. The first-order valence-electron chi connectivity index (χ1n) is 5.96. The lowest BCUT2D eigenvalue weighted by molar-refractivity contribution is -0.114. The number of pyridine rings is 1. The van der Waals surface area contributed by atoms with Crippen molar-refractivity contribution in [3.63, 3.8) is 0 Å². The summed E-state index contributed by atoms with van der Waals surface area (Å²) in [4.78, 5) is 15.1. The molecule has 5 nitrogen and oxygen atoms in total. The van der Waals surface area contributed by atoms with Crippen LogP contribution in [0.25, 0.3) is 0 Å². The molecular weight excluding hydrogens is 261 g/mol. The summed E-state index contributed by atoms with van der Waals surface area (Å²) in [6.45, 7) is 1.54. The maximum Gasteiger partial charge on any atom is 0.222 e. The first kappa shape index (κ1) is 13.8. The van der Waals surface area contributed by atoms with Crippen LogP contribution in [0, 0.1) is 5.82 Å². The van der Waals surface area contributed by atoms with E-state index < -0.39 is 0 Å². The molecule has 0 fully saturated rings. The van der Waals surface area contributed by atoms with Crippen molar-refractivity contribution in [3.05, 3.63) is 47.8 Å². The number of benzene rings is 1. The Labute approximate surface area is 115 Å². The topological polar surface area (TPSA) is 77.2 Å². The third-order valence-corrected chi connectivity index (χ3v) is 2.47. The maximum atomic E-state index is 13.0. The average molecular weight is 275 g/mol. The molecule has 2 aromatic rings. The minimum absolute atomic E-state index is 0.175. The summed E-state index contributed by atoms with van der Waals surface area (Å²) in [7, 11) is 0. The van der Waals surface area contributed by atoms with Crippen molar-refractivity contribution in [2.45, 2.75) is 13.5 Å². The van der Waals surface area contributed by atoms with E-state index in [-0.39, 0.29) is 24.1 Å². The van der Waals surface area contributed by atoms with E-state index >= 15 is 0 Å². The van der Waals surface area contributed by atoms with Crippen LogP contribution >= 0.6 is 0 Å². The predicted molar refractivity (Wildman–Crippen MR) is 73.7 cm³/mol. The van der Waals surface area contributed by atoms with Crippen molar-refractivity contribution >= 4 is 17.4 Å². The van der Waals surface area contributed by atoms with Crippen LogP contribution in [0.3, 0.4) is 0 Å². The molecule has 0 spiro atoms. The van der Waals surface area contributed by atoms with Gasteiger partial charge >= 0.3 is 0 Å². The molecule has 6 heteroatoms. The van der Waals surface area contributed by atoms with E-state index in [2.05, 4.69) is 10.3 Å². The van der Waals surface area contributed by atoms with Crippen LogP contribution in [0.15, 0.2) is 36.4 Å². The SMILES string of the molecule is CC(=O)Nc1nc(OCc2cccc(F)c2)ccc1N. The molecule has 3 N–H and O–H groups in total. The van der Waals surface area contributed by atoms with Gasteiger partial charge in [-0.25, -0.2) is 4.39 Å². The van der Waals surface area contributed by atoms with Gasteiger partial charge in [-0.1, -0.05) is 12.1 Å². The van der Waals surface area contributed by atoms with Crippen LogP contribution in [-0.4, -0.2) is 10.9 Å². The number of nitrogens with two attached hydrogens (primary N) is 1. The van der Waals surface area contributed by atoms with Gasteiger partial charge in [-0.2, -0.15) is 4.98 Å². The van der Waals surface area contributed by atoms with Gasteiger partial charge in [-0.05, 0) is 23.8 Å². The maximum absolute atomic E-state index is 13.0. The molecular formula is C14H14FN3O2. The summed E-state index contributed by atoms with van der Waals surface area (Å²) in [5.74, 6) is -0.0526. The predicted octanol–water partition coefficient (Wildman–Crippen LogP) is 2.34. The Morgan fingerprint density at radius 1 is 1.40 bits per heavy atom. The van der Waals surface area contributed by atoms with Crippen molar-refractivity contribution in [2.24, 2.45) is 0 Å². The third kappa shape index (κ3) is 3.68. The number of carbonyl (C=O) groups excluding carboxylic acids is 1. The fourth-order valence-corrected chi connectivity index (χ4v) is 1.58. The zero-order valence-electron chi connectivity index (χ0n) is 10.9. The average Bonchev–Trinajstić information content (AvgIpc) is 2.39. The monoisotopic (exact) mass is 275 g/mol. The number of rotatable bonds is 4. The smallest absolute Gasteiger partial charge is 0.222 e. The fourth-order valence-electron chi connectivity index (χ4n) is 1.58. The number of hydrogen-bond acceptors (Lipinski definition) is 4. The Balaban J connectivity index is 2.08. The number of amides is 1. The van der Waals surface area contributed by atoms with E-state index in [0.717, 1.165) is 0 Å². The van der Waals surface area contributed by atoms with Gasteiger partial charge in [-0.15, -0.1) is 0 Å². The molecule has 0 atom stereocenters. The summed E-state index contributed by atoms with van der Waals surface area (Å²) < 4.78 is 18.5. The van der Waals surface area contributed by atoms with Gasteiger partial charge in [0.15, 0.2) is 5.82 Å². The van der Waals surface area contributed by atoms with Crippen molar-refractivity contribution in [2.75, 3.05) is 11.1 Å². The molecule has 0 aliphatic rings. The second-order valence-corrected chi connectivity index (χ2v) is 4.19. The van der Waals surface area contributed by atoms with Crippen LogP contribution in [-0.2, 0) is 11.4 Å². The number of nitrogens with zero attached hydrogens (tertiary/aromatic N) is 1. The van der Waals surface area contributed by atoms with Gasteiger partial charge in [-0.3, -0.25) is 4.79 Å². The Morgan fingerprint density at radius 3 is 2.90 bits per heavy atom. The summed E-state index contributed by atoms with van der Waals surface area (Å²) in [6, 6.07) is 9.26. The molecule has 0 saturated carbocycles. The number of nitrogen functional groups attached to an aromatic ring is 1.